The van der Waals surface area contributed by atoms with E-state index in [1.807, 2.05) is 47.6 Å². The number of carbonyl (C=O) groups is 2. The van der Waals surface area contributed by atoms with Gasteiger partial charge in [0.05, 0.1) is 11.1 Å². The number of rotatable bonds is 3. The van der Waals surface area contributed by atoms with E-state index in [0.29, 0.717) is 23.7 Å². The molecule has 0 unspecified atom stereocenters. The van der Waals surface area contributed by atoms with Gasteiger partial charge in [-0.05, 0) is 45.1 Å². The standard InChI is InChI=1S/C26H34O4/c1-24(2,3)18-12-16(14-28)23(30)21(26(7,8)9)19(18)17-11-10-15(13-27)22(29)20(17)25(4,5)6/h10-14,29-30H,1-9H3. The van der Waals surface area contributed by atoms with Gasteiger partial charge in [0.1, 0.15) is 11.5 Å². The third-order valence-corrected chi connectivity index (χ3v) is 5.37. The lowest BCUT2D eigenvalue weighted by Crippen LogP contribution is -2.22. The zero-order chi connectivity index (χ0) is 23.2. The Kier molecular flexibility index (Phi) is 5.97. The van der Waals surface area contributed by atoms with Gasteiger partial charge in [-0.15, -0.1) is 0 Å². The maximum Gasteiger partial charge on any atom is 0.153 e. The summed E-state index contributed by atoms with van der Waals surface area (Å²) < 4.78 is 0. The summed E-state index contributed by atoms with van der Waals surface area (Å²) >= 11 is 0. The number of aromatic hydroxyl groups is 2. The van der Waals surface area contributed by atoms with Crippen molar-refractivity contribution >= 4 is 12.6 Å². The van der Waals surface area contributed by atoms with Gasteiger partial charge in [-0.2, -0.15) is 0 Å². The minimum atomic E-state index is -0.480. The Labute approximate surface area is 180 Å². The molecule has 0 saturated carbocycles. The Bertz CT molecular complexity index is 994. The monoisotopic (exact) mass is 410 g/mol. The molecule has 2 N–H and O–H groups in total. The zero-order valence-corrected chi connectivity index (χ0v) is 19.6. The number of benzene rings is 2. The van der Waals surface area contributed by atoms with Crippen LogP contribution >= 0.6 is 0 Å². The van der Waals surface area contributed by atoms with E-state index in [2.05, 4.69) is 20.8 Å². The number of phenolic OH excluding ortho intramolecular Hbond substituents is 2. The Morgan fingerprint density at radius 1 is 0.667 bits per heavy atom. The molecule has 4 heteroatoms. The molecule has 0 fully saturated rings. The van der Waals surface area contributed by atoms with Gasteiger partial charge in [-0.25, -0.2) is 0 Å². The van der Waals surface area contributed by atoms with Crippen LogP contribution in [-0.4, -0.2) is 22.8 Å². The summed E-state index contributed by atoms with van der Waals surface area (Å²) in [6.45, 7) is 18.1. The van der Waals surface area contributed by atoms with Crippen molar-refractivity contribution in [1.82, 2.24) is 0 Å². The van der Waals surface area contributed by atoms with Crippen molar-refractivity contribution in [3.05, 3.63) is 46.0 Å². The van der Waals surface area contributed by atoms with Crippen LogP contribution in [-0.2, 0) is 16.2 Å². The lowest BCUT2D eigenvalue weighted by Gasteiger charge is -2.34. The Hall–Kier alpha value is -2.62. The first-order valence-electron chi connectivity index (χ1n) is 10.2. The summed E-state index contributed by atoms with van der Waals surface area (Å²) in [4.78, 5) is 23.3. The minimum absolute atomic E-state index is 0.0423. The second-order valence-electron chi connectivity index (χ2n) is 11.0. The molecule has 0 aliphatic heterocycles. The fraction of sp³-hybridized carbons (Fsp3) is 0.462. The van der Waals surface area contributed by atoms with Gasteiger partial charge < -0.3 is 10.2 Å². The highest BCUT2D eigenvalue weighted by Gasteiger charge is 2.34. The van der Waals surface area contributed by atoms with Gasteiger partial charge in [0.15, 0.2) is 12.6 Å². The largest absolute Gasteiger partial charge is 0.507 e. The first-order chi connectivity index (χ1) is 13.6. The summed E-state index contributed by atoms with van der Waals surface area (Å²) in [7, 11) is 0. The maximum atomic E-state index is 11.8. The highest BCUT2D eigenvalue weighted by molar-refractivity contribution is 5.91. The van der Waals surface area contributed by atoms with E-state index in [-0.39, 0.29) is 28.0 Å². The molecule has 2 aromatic carbocycles. The molecule has 0 heterocycles. The molecule has 0 atom stereocenters. The van der Waals surface area contributed by atoms with Crippen molar-refractivity contribution < 1.29 is 19.8 Å². The lowest BCUT2D eigenvalue weighted by molar-refractivity contribution is 0.111. The number of carbonyl (C=O) groups excluding carboxylic acids is 2. The van der Waals surface area contributed by atoms with Crippen LogP contribution in [0.5, 0.6) is 11.5 Å². The van der Waals surface area contributed by atoms with Crippen molar-refractivity contribution in [3.8, 4) is 22.6 Å². The Morgan fingerprint density at radius 2 is 1.13 bits per heavy atom. The van der Waals surface area contributed by atoms with Crippen LogP contribution in [0.15, 0.2) is 18.2 Å². The quantitative estimate of drug-likeness (QED) is 0.584. The van der Waals surface area contributed by atoms with Crippen molar-refractivity contribution in [2.24, 2.45) is 0 Å². The van der Waals surface area contributed by atoms with Crippen LogP contribution in [0, 0.1) is 0 Å². The fourth-order valence-electron chi connectivity index (χ4n) is 4.05. The summed E-state index contributed by atoms with van der Waals surface area (Å²) in [5.41, 5.74) is 2.94. The Balaban J connectivity index is 3.24. The van der Waals surface area contributed by atoms with E-state index in [1.54, 1.807) is 12.1 Å². The minimum Gasteiger partial charge on any atom is -0.507 e. The molecule has 0 aromatic heterocycles. The van der Waals surface area contributed by atoms with E-state index in [9.17, 15) is 19.8 Å². The average molecular weight is 411 g/mol. The molecule has 0 spiro atoms. The first-order valence-corrected chi connectivity index (χ1v) is 10.2. The second-order valence-corrected chi connectivity index (χ2v) is 11.0. The molecule has 0 aliphatic rings. The topological polar surface area (TPSA) is 74.6 Å². The van der Waals surface area contributed by atoms with Crippen LogP contribution < -0.4 is 0 Å². The molecule has 2 aromatic rings. The molecule has 162 valence electrons. The van der Waals surface area contributed by atoms with Crippen LogP contribution in [0.3, 0.4) is 0 Å². The third kappa shape index (κ3) is 4.14. The SMILES string of the molecule is CC(C)(C)c1cc(C=O)c(O)c(C(C)(C)C)c1-c1ccc(C=O)c(O)c1C(C)(C)C. The van der Waals surface area contributed by atoms with Gasteiger partial charge in [-0.3, -0.25) is 9.59 Å². The van der Waals surface area contributed by atoms with Crippen molar-refractivity contribution in [3.63, 3.8) is 0 Å². The molecule has 0 radical (unpaired) electrons. The molecule has 30 heavy (non-hydrogen) atoms. The summed E-state index contributed by atoms with van der Waals surface area (Å²) in [5, 5.41) is 22.0. The normalized spacial score (nSPS) is 12.7. The van der Waals surface area contributed by atoms with Crippen LogP contribution in [0.1, 0.15) is 99.7 Å². The smallest absolute Gasteiger partial charge is 0.153 e. The van der Waals surface area contributed by atoms with Crippen molar-refractivity contribution in [2.45, 2.75) is 78.6 Å². The summed E-state index contributed by atoms with van der Waals surface area (Å²) in [5.74, 6) is -0.0898. The lowest BCUT2D eigenvalue weighted by atomic mass is 9.70. The molecule has 0 saturated heterocycles. The van der Waals surface area contributed by atoms with Crippen LogP contribution in [0.25, 0.3) is 11.1 Å². The fourth-order valence-corrected chi connectivity index (χ4v) is 4.05. The van der Waals surface area contributed by atoms with Crippen molar-refractivity contribution in [1.29, 1.82) is 0 Å². The van der Waals surface area contributed by atoms with E-state index in [4.69, 9.17) is 0 Å². The highest BCUT2D eigenvalue weighted by atomic mass is 16.3. The molecule has 4 nitrogen and oxygen atoms in total. The second kappa shape index (κ2) is 7.57. The molecule has 0 aliphatic carbocycles. The molecular weight excluding hydrogens is 376 g/mol. The summed E-state index contributed by atoms with van der Waals surface area (Å²) in [6, 6.07) is 5.18. The van der Waals surface area contributed by atoms with E-state index < -0.39 is 10.8 Å². The highest BCUT2D eigenvalue weighted by Crippen LogP contribution is 2.50. The van der Waals surface area contributed by atoms with Crippen LogP contribution in [0.4, 0.5) is 0 Å². The van der Waals surface area contributed by atoms with E-state index >= 15 is 0 Å². The number of aldehydes is 2. The first kappa shape index (κ1) is 23.7. The van der Waals surface area contributed by atoms with Gasteiger partial charge in [0, 0.05) is 11.1 Å². The van der Waals surface area contributed by atoms with Crippen LogP contribution in [0.2, 0.25) is 0 Å². The molecular formula is C26H34O4. The predicted octanol–water partition coefficient (Wildman–Crippen LogP) is 6.28. The molecule has 2 rings (SSSR count). The zero-order valence-electron chi connectivity index (χ0n) is 19.6. The number of hydrogen-bond donors (Lipinski definition) is 2. The third-order valence-electron chi connectivity index (χ3n) is 5.37. The Morgan fingerprint density at radius 3 is 1.53 bits per heavy atom. The predicted molar refractivity (Wildman–Crippen MR) is 122 cm³/mol. The van der Waals surface area contributed by atoms with Gasteiger partial charge in [-0.1, -0.05) is 68.4 Å². The number of phenols is 2. The molecule has 0 amide bonds. The van der Waals surface area contributed by atoms with E-state index in [0.717, 1.165) is 16.7 Å². The van der Waals surface area contributed by atoms with Crippen molar-refractivity contribution in [2.75, 3.05) is 0 Å². The molecule has 0 bridgehead atoms. The maximum absolute atomic E-state index is 11.8. The van der Waals surface area contributed by atoms with Gasteiger partial charge in [0.2, 0.25) is 0 Å². The van der Waals surface area contributed by atoms with Gasteiger partial charge >= 0.3 is 0 Å². The number of hydrogen-bond acceptors (Lipinski definition) is 4. The van der Waals surface area contributed by atoms with E-state index in [1.165, 1.54) is 0 Å². The van der Waals surface area contributed by atoms with Gasteiger partial charge in [0.25, 0.3) is 0 Å². The summed E-state index contributed by atoms with van der Waals surface area (Å²) in [6.07, 6.45) is 1.33. The average Bonchev–Trinajstić information content (AvgIpc) is 2.57.